The molecule has 16 heavy (non-hydrogen) atoms. The molecule has 1 aromatic rings. The highest BCUT2D eigenvalue weighted by atomic mass is 16.5. The van der Waals surface area contributed by atoms with Gasteiger partial charge in [0, 0.05) is 11.8 Å². The molecule has 0 bridgehead atoms. The van der Waals surface area contributed by atoms with E-state index in [1.54, 1.807) is 13.3 Å². The van der Waals surface area contributed by atoms with Gasteiger partial charge in [-0.2, -0.15) is 0 Å². The van der Waals surface area contributed by atoms with Crippen LogP contribution in [0.2, 0.25) is 0 Å². The van der Waals surface area contributed by atoms with E-state index in [4.69, 9.17) is 9.47 Å². The molecule has 0 N–H and O–H groups in total. The van der Waals surface area contributed by atoms with Crippen molar-refractivity contribution in [3.05, 3.63) is 17.8 Å². The first kappa shape index (κ1) is 11.2. The van der Waals surface area contributed by atoms with Gasteiger partial charge in [-0.05, 0) is 24.3 Å². The molecule has 0 atom stereocenters. The Labute approximate surface area is 96.8 Å². The van der Waals surface area contributed by atoms with Crippen LogP contribution >= 0.6 is 0 Å². The molecule has 0 saturated heterocycles. The van der Waals surface area contributed by atoms with Crippen molar-refractivity contribution >= 4 is 0 Å². The Morgan fingerprint density at radius 3 is 2.50 bits per heavy atom. The summed E-state index contributed by atoms with van der Waals surface area (Å²) in [6.45, 7) is 6.50. The van der Waals surface area contributed by atoms with Crippen molar-refractivity contribution in [2.75, 3.05) is 7.11 Å². The predicted molar refractivity (Wildman–Crippen MR) is 63.1 cm³/mol. The van der Waals surface area contributed by atoms with Crippen LogP contribution in [0.5, 0.6) is 11.6 Å². The third-order valence-corrected chi connectivity index (χ3v) is 2.68. The third kappa shape index (κ3) is 2.29. The number of rotatable bonds is 3. The summed E-state index contributed by atoms with van der Waals surface area (Å²) in [6.07, 6.45) is 4.42. The van der Waals surface area contributed by atoms with Crippen LogP contribution in [0.1, 0.15) is 39.2 Å². The van der Waals surface area contributed by atoms with Crippen LogP contribution in [-0.4, -0.2) is 18.2 Å². The van der Waals surface area contributed by atoms with Gasteiger partial charge in [0.25, 0.3) is 5.88 Å². The summed E-state index contributed by atoms with van der Waals surface area (Å²) < 4.78 is 11.2. The molecular weight excluding hydrogens is 202 g/mol. The summed E-state index contributed by atoms with van der Waals surface area (Å²) in [4.78, 5) is 4.20. The highest BCUT2D eigenvalue weighted by Gasteiger charge is 2.29. The molecule has 2 rings (SSSR count). The van der Waals surface area contributed by atoms with Crippen molar-refractivity contribution in [2.45, 2.75) is 45.1 Å². The van der Waals surface area contributed by atoms with E-state index in [1.165, 1.54) is 0 Å². The summed E-state index contributed by atoms with van der Waals surface area (Å²) in [5.74, 6) is 1.42. The van der Waals surface area contributed by atoms with Crippen molar-refractivity contribution in [3.8, 4) is 11.6 Å². The zero-order valence-corrected chi connectivity index (χ0v) is 10.4. The average Bonchev–Trinajstić information content (AvgIpc) is 3.00. The minimum atomic E-state index is 0.0421. The molecule has 0 amide bonds. The molecule has 0 spiro atoms. The number of ether oxygens (including phenoxy) is 2. The molecule has 1 saturated carbocycles. The van der Waals surface area contributed by atoms with Gasteiger partial charge < -0.3 is 9.47 Å². The van der Waals surface area contributed by atoms with Crippen LogP contribution < -0.4 is 9.47 Å². The molecule has 0 aliphatic heterocycles. The monoisotopic (exact) mass is 221 g/mol. The fourth-order valence-corrected chi connectivity index (χ4v) is 1.63. The molecule has 3 heteroatoms. The van der Waals surface area contributed by atoms with E-state index in [2.05, 4.69) is 25.8 Å². The Balaban J connectivity index is 2.41. The Morgan fingerprint density at radius 1 is 1.31 bits per heavy atom. The maximum atomic E-state index is 5.92. The van der Waals surface area contributed by atoms with Gasteiger partial charge in [0.05, 0.1) is 13.2 Å². The number of pyridine rings is 1. The standard InChI is InChI=1S/C13H19NO2/c1-13(2,3)10-7-8-14-12(15-4)11(10)16-9-5-6-9/h7-9H,5-6H2,1-4H3. The molecule has 1 aliphatic rings. The fourth-order valence-electron chi connectivity index (χ4n) is 1.63. The van der Waals surface area contributed by atoms with Crippen molar-refractivity contribution in [2.24, 2.45) is 0 Å². The van der Waals surface area contributed by atoms with Gasteiger partial charge in [0.1, 0.15) is 0 Å². The molecule has 1 aromatic heterocycles. The first-order valence-electron chi connectivity index (χ1n) is 5.72. The number of hydrogen-bond acceptors (Lipinski definition) is 3. The number of hydrogen-bond donors (Lipinski definition) is 0. The molecule has 0 unspecified atom stereocenters. The first-order valence-corrected chi connectivity index (χ1v) is 5.72. The van der Waals surface area contributed by atoms with E-state index < -0.39 is 0 Å². The first-order chi connectivity index (χ1) is 7.52. The molecule has 0 aromatic carbocycles. The zero-order valence-electron chi connectivity index (χ0n) is 10.4. The molecule has 1 aliphatic carbocycles. The molecule has 88 valence electrons. The largest absolute Gasteiger partial charge is 0.484 e. The van der Waals surface area contributed by atoms with Crippen molar-refractivity contribution in [1.82, 2.24) is 4.98 Å². The van der Waals surface area contributed by atoms with E-state index in [9.17, 15) is 0 Å². The Bertz CT molecular complexity index is 378. The van der Waals surface area contributed by atoms with Crippen LogP contribution in [0.25, 0.3) is 0 Å². The number of nitrogens with zero attached hydrogens (tertiary/aromatic N) is 1. The van der Waals surface area contributed by atoms with E-state index in [0.29, 0.717) is 12.0 Å². The van der Waals surface area contributed by atoms with Gasteiger partial charge >= 0.3 is 0 Å². The highest BCUT2D eigenvalue weighted by molar-refractivity contribution is 5.45. The average molecular weight is 221 g/mol. The van der Waals surface area contributed by atoms with E-state index in [0.717, 1.165) is 24.2 Å². The zero-order chi connectivity index (χ0) is 11.8. The summed E-state index contributed by atoms with van der Waals surface area (Å²) in [7, 11) is 1.63. The summed E-state index contributed by atoms with van der Waals surface area (Å²) in [5.41, 5.74) is 1.20. The van der Waals surface area contributed by atoms with Gasteiger partial charge in [-0.3, -0.25) is 0 Å². The summed E-state index contributed by atoms with van der Waals surface area (Å²) >= 11 is 0. The van der Waals surface area contributed by atoms with Crippen LogP contribution in [0, 0.1) is 0 Å². The Hall–Kier alpha value is -1.25. The minimum Gasteiger partial charge on any atom is -0.484 e. The van der Waals surface area contributed by atoms with Crippen LogP contribution in [-0.2, 0) is 5.41 Å². The van der Waals surface area contributed by atoms with Crippen molar-refractivity contribution < 1.29 is 9.47 Å². The van der Waals surface area contributed by atoms with E-state index in [1.807, 2.05) is 6.07 Å². The predicted octanol–water partition coefficient (Wildman–Crippen LogP) is 2.93. The van der Waals surface area contributed by atoms with Gasteiger partial charge in [-0.15, -0.1) is 0 Å². The highest BCUT2D eigenvalue weighted by Crippen LogP contribution is 2.40. The fraction of sp³-hybridized carbons (Fsp3) is 0.615. The Morgan fingerprint density at radius 2 is 2.00 bits per heavy atom. The van der Waals surface area contributed by atoms with Crippen molar-refractivity contribution in [3.63, 3.8) is 0 Å². The second-order valence-corrected chi connectivity index (χ2v) is 5.26. The molecular formula is C13H19NO2. The van der Waals surface area contributed by atoms with Gasteiger partial charge in [-0.25, -0.2) is 4.98 Å². The summed E-state index contributed by atoms with van der Waals surface area (Å²) in [5, 5.41) is 0. The lowest BCUT2D eigenvalue weighted by Gasteiger charge is -2.23. The second-order valence-electron chi connectivity index (χ2n) is 5.26. The molecule has 0 radical (unpaired) electrons. The molecule has 3 nitrogen and oxygen atoms in total. The smallest absolute Gasteiger partial charge is 0.257 e. The molecule has 1 heterocycles. The quantitative estimate of drug-likeness (QED) is 0.786. The van der Waals surface area contributed by atoms with Gasteiger partial charge in [-0.1, -0.05) is 20.8 Å². The van der Waals surface area contributed by atoms with E-state index >= 15 is 0 Å². The lowest BCUT2D eigenvalue weighted by atomic mass is 9.87. The molecule has 1 fully saturated rings. The van der Waals surface area contributed by atoms with E-state index in [-0.39, 0.29) is 5.41 Å². The van der Waals surface area contributed by atoms with Crippen LogP contribution in [0.15, 0.2) is 12.3 Å². The topological polar surface area (TPSA) is 31.4 Å². The summed E-state index contributed by atoms with van der Waals surface area (Å²) in [6, 6.07) is 2.01. The van der Waals surface area contributed by atoms with Crippen LogP contribution in [0.3, 0.4) is 0 Å². The minimum absolute atomic E-state index is 0.0421. The lowest BCUT2D eigenvalue weighted by molar-refractivity contribution is 0.269. The third-order valence-electron chi connectivity index (χ3n) is 2.68. The maximum Gasteiger partial charge on any atom is 0.257 e. The SMILES string of the molecule is COc1nccc(C(C)(C)C)c1OC1CC1. The number of methoxy groups -OCH3 is 1. The van der Waals surface area contributed by atoms with Gasteiger partial charge in [0.2, 0.25) is 0 Å². The maximum absolute atomic E-state index is 5.92. The normalized spacial score (nSPS) is 16.0. The number of aromatic nitrogens is 1. The second kappa shape index (κ2) is 3.96. The van der Waals surface area contributed by atoms with Crippen molar-refractivity contribution in [1.29, 1.82) is 0 Å². The Kier molecular flexibility index (Phi) is 2.78. The van der Waals surface area contributed by atoms with Crippen LogP contribution in [0.4, 0.5) is 0 Å². The van der Waals surface area contributed by atoms with Gasteiger partial charge in [0.15, 0.2) is 5.75 Å². The lowest BCUT2D eigenvalue weighted by Crippen LogP contribution is -2.15.